The maximum Gasteiger partial charge on any atom is 0.329 e. The number of ether oxygens (including phenoxy) is 1. The van der Waals surface area contributed by atoms with Crippen molar-refractivity contribution in [2.24, 2.45) is 5.10 Å². The van der Waals surface area contributed by atoms with E-state index in [1.165, 1.54) is 6.21 Å². The van der Waals surface area contributed by atoms with Crippen LogP contribution in [0.2, 0.25) is 0 Å². The Morgan fingerprint density at radius 2 is 1.83 bits per heavy atom. The second kappa shape index (κ2) is 11.4. The largest absolute Gasteiger partial charge is 0.483 e. The summed E-state index contributed by atoms with van der Waals surface area (Å²) in [5, 5.41) is 9.07. The van der Waals surface area contributed by atoms with Gasteiger partial charge in [0.1, 0.15) is 5.75 Å². The maximum absolute atomic E-state index is 12.3. The van der Waals surface area contributed by atoms with Crippen LogP contribution in [0.3, 0.4) is 0 Å². The molecule has 0 spiro atoms. The fraction of sp³-hybridized carbons (Fsp3) is 0.273. The zero-order chi connectivity index (χ0) is 21.9. The molecule has 0 aliphatic rings. The average Bonchev–Trinajstić information content (AvgIpc) is 2.73. The molecule has 2 aromatic rings. The van der Waals surface area contributed by atoms with Gasteiger partial charge in [-0.15, -0.1) is 0 Å². The van der Waals surface area contributed by atoms with Crippen molar-refractivity contribution in [3.63, 3.8) is 0 Å². The molecule has 0 bridgehead atoms. The number of carbonyl (C=O) groups excluding carboxylic acids is 3. The highest BCUT2D eigenvalue weighted by Crippen LogP contribution is 2.18. The predicted octanol–water partition coefficient (Wildman–Crippen LogP) is 2.30. The van der Waals surface area contributed by atoms with Gasteiger partial charge in [0.05, 0.1) is 6.21 Å². The zero-order valence-electron chi connectivity index (χ0n) is 17.3. The van der Waals surface area contributed by atoms with E-state index in [-0.39, 0.29) is 12.5 Å². The van der Waals surface area contributed by atoms with E-state index >= 15 is 0 Å². The minimum absolute atomic E-state index is 0.190. The van der Waals surface area contributed by atoms with E-state index in [2.05, 4.69) is 21.2 Å². The summed E-state index contributed by atoms with van der Waals surface area (Å²) in [6, 6.07) is 12.7. The highest BCUT2D eigenvalue weighted by molar-refractivity contribution is 6.35. The molecular weight excluding hydrogens is 384 g/mol. The summed E-state index contributed by atoms with van der Waals surface area (Å²) in [4.78, 5) is 35.4. The van der Waals surface area contributed by atoms with E-state index in [0.29, 0.717) is 17.9 Å². The van der Waals surface area contributed by atoms with Crippen LogP contribution in [-0.4, -0.2) is 37.1 Å². The minimum Gasteiger partial charge on any atom is -0.483 e. The molecule has 0 atom stereocenters. The van der Waals surface area contributed by atoms with E-state index in [4.69, 9.17) is 4.74 Å². The molecule has 158 valence electrons. The maximum atomic E-state index is 12.3. The molecule has 0 aliphatic heterocycles. The fourth-order valence-corrected chi connectivity index (χ4v) is 2.45. The third-order valence-electron chi connectivity index (χ3n) is 4.06. The standard InChI is InChI=1S/C22H26N4O4/c1-4-11-23-21(28)22(29)26-24-13-17-7-5-6-8-19(17)30-14-20(27)25-18-12-15(2)9-10-16(18)3/h5-10,12-13H,4,11,14H2,1-3H3,(H,23,28)(H,25,27)(H,26,29)/b24-13-. The number of nitrogens with one attached hydrogen (secondary N) is 3. The van der Waals surface area contributed by atoms with E-state index in [9.17, 15) is 14.4 Å². The summed E-state index contributed by atoms with van der Waals surface area (Å²) < 4.78 is 5.60. The van der Waals surface area contributed by atoms with Gasteiger partial charge >= 0.3 is 11.8 Å². The van der Waals surface area contributed by atoms with Crippen LogP contribution in [0, 0.1) is 13.8 Å². The van der Waals surface area contributed by atoms with E-state index < -0.39 is 11.8 Å². The summed E-state index contributed by atoms with van der Waals surface area (Å²) in [6.45, 7) is 5.97. The van der Waals surface area contributed by atoms with Crippen LogP contribution in [0.15, 0.2) is 47.6 Å². The van der Waals surface area contributed by atoms with Gasteiger partial charge < -0.3 is 15.4 Å². The minimum atomic E-state index is -0.856. The Hall–Kier alpha value is -3.68. The highest BCUT2D eigenvalue weighted by atomic mass is 16.5. The number of rotatable bonds is 8. The van der Waals surface area contributed by atoms with E-state index in [1.54, 1.807) is 24.3 Å². The van der Waals surface area contributed by atoms with Crippen molar-refractivity contribution < 1.29 is 19.1 Å². The number of hydrogen-bond acceptors (Lipinski definition) is 5. The van der Waals surface area contributed by atoms with Crippen molar-refractivity contribution in [1.82, 2.24) is 10.7 Å². The summed E-state index contributed by atoms with van der Waals surface area (Å²) >= 11 is 0. The molecule has 0 heterocycles. The third-order valence-corrected chi connectivity index (χ3v) is 4.06. The molecule has 0 saturated heterocycles. The summed E-state index contributed by atoms with van der Waals surface area (Å²) in [5.41, 5.74) is 5.45. The smallest absolute Gasteiger partial charge is 0.329 e. The average molecular weight is 410 g/mol. The van der Waals surface area contributed by atoms with Crippen molar-refractivity contribution >= 4 is 29.6 Å². The molecule has 30 heavy (non-hydrogen) atoms. The Labute approximate surface area is 175 Å². The van der Waals surface area contributed by atoms with Gasteiger partial charge in [-0.1, -0.05) is 31.2 Å². The van der Waals surface area contributed by atoms with Gasteiger partial charge in [-0.3, -0.25) is 14.4 Å². The van der Waals surface area contributed by atoms with Gasteiger partial charge in [0.25, 0.3) is 5.91 Å². The van der Waals surface area contributed by atoms with Crippen LogP contribution in [0.1, 0.15) is 30.0 Å². The number of nitrogens with zero attached hydrogens (tertiary/aromatic N) is 1. The molecule has 8 nitrogen and oxygen atoms in total. The van der Waals surface area contributed by atoms with Gasteiger partial charge in [-0.2, -0.15) is 5.10 Å². The Kier molecular flexibility index (Phi) is 8.56. The van der Waals surface area contributed by atoms with Gasteiger partial charge in [0, 0.05) is 17.8 Å². The first kappa shape index (κ1) is 22.6. The molecule has 8 heteroatoms. The van der Waals surface area contributed by atoms with Crippen LogP contribution in [0.25, 0.3) is 0 Å². The predicted molar refractivity (Wildman–Crippen MR) is 116 cm³/mol. The van der Waals surface area contributed by atoms with Crippen molar-refractivity contribution in [1.29, 1.82) is 0 Å². The molecule has 2 rings (SSSR count). The molecule has 3 N–H and O–H groups in total. The van der Waals surface area contributed by atoms with Crippen LogP contribution in [-0.2, 0) is 14.4 Å². The zero-order valence-corrected chi connectivity index (χ0v) is 17.3. The first-order chi connectivity index (χ1) is 14.4. The molecule has 0 unspecified atom stereocenters. The first-order valence-electron chi connectivity index (χ1n) is 9.61. The lowest BCUT2D eigenvalue weighted by Gasteiger charge is -2.11. The normalized spacial score (nSPS) is 10.5. The molecule has 0 aliphatic carbocycles. The molecular formula is C22H26N4O4. The van der Waals surface area contributed by atoms with Gasteiger partial charge in [-0.25, -0.2) is 5.43 Å². The molecule has 0 aromatic heterocycles. The second-order valence-electron chi connectivity index (χ2n) is 6.65. The number of aryl methyl sites for hydroxylation is 2. The van der Waals surface area contributed by atoms with Gasteiger partial charge in [0.2, 0.25) is 0 Å². The van der Waals surface area contributed by atoms with Crippen molar-refractivity contribution in [2.75, 3.05) is 18.5 Å². The lowest BCUT2D eigenvalue weighted by atomic mass is 10.1. The van der Waals surface area contributed by atoms with Crippen LogP contribution >= 0.6 is 0 Å². The van der Waals surface area contributed by atoms with Gasteiger partial charge in [0.15, 0.2) is 6.61 Å². The molecule has 0 radical (unpaired) electrons. The number of hydrogen-bond donors (Lipinski definition) is 3. The lowest BCUT2D eigenvalue weighted by Crippen LogP contribution is -2.38. The van der Waals surface area contributed by atoms with Crippen LogP contribution in [0.4, 0.5) is 5.69 Å². The molecule has 0 fully saturated rings. The quantitative estimate of drug-likeness (QED) is 0.352. The number of anilines is 1. The Morgan fingerprint density at radius 3 is 2.60 bits per heavy atom. The summed E-state index contributed by atoms with van der Waals surface area (Å²) in [5.74, 6) is -1.48. The number of benzene rings is 2. The fourth-order valence-electron chi connectivity index (χ4n) is 2.45. The van der Waals surface area contributed by atoms with Crippen molar-refractivity contribution in [3.8, 4) is 5.75 Å². The number of carbonyl (C=O) groups is 3. The Bertz CT molecular complexity index is 940. The second-order valence-corrected chi connectivity index (χ2v) is 6.65. The first-order valence-corrected chi connectivity index (χ1v) is 9.61. The monoisotopic (exact) mass is 410 g/mol. The SMILES string of the molecule is CCCNC(=O)C(=O)N/N=C\c1ccccc1OCC(=O)Nc1cc(C)ccc1C. The lowest BCUT2D eigenvalue weighted by molar-refractivity contribution is -0.139. The highest BCUT2D eigenvalue weighted by Gasteiger charge is 2.11. The van der Waals surface area contributed by atoms with Gasteiger partial charge in [-0.05, 0) is 49.6 Å². The van der Waals surface area contributed by atoms with Crippen molar-refractivity contribution in [2.45, 2.75) is 27.2 Å². The molecule has 3 amide bonds. The molecule has 2 aromatic carbocycles. The molecule has 0 saturated carbocycles. The topological polar surface area (TPSA) is 109 Å². The van der Waals surface area contributed by atoms with E-state index in [1.807, 2.05) is 39.0 Å². The Balaban J connectivity index is 1.93. The summed E-state index contributed by atoms with van der Waals surface area (Å²) in [7, 11) is 0. The number of para-hydroxylation sites is 1. The van der Waals surface area contributed by atoms with Crippen LogP contribution < -0.4 is 20.8 Å². The van der Waals surface area contributed by atoms with Crippen LogP contribution in [0.5, 0.6) is 5.75 Å². The number of amides is 3. The van der Waals surface area contributed by atoms with Crippen molar-refractivity contribution in [3.05, 3.63) is 59.2 Å². The van der Waals surface area contributed by atoms with E-state index in [0.717, 1.165) is 23.2 Å². The summed E-state index contributed by atoms with van der Waals surface area (Å²) in [6.07, 6.45) is 2.08. The Morgan fingerprint density at radius 1 is 1.07 bits per heavy atom. The third kappa shape index (κ3) is 7.05. The number of hydrazone groups is 1.